The van der Waals surface area contributed by atoms with E-state index in [4.69, 9.17) is 5.73 Å². The minimum atomic E-state index is 0.558. The highest BCUT2D eigenvalue weighted by atomic mass is 32.1. The smallest absolute Gasteiger partial charge is 0.133 e. The second kappa shape index (κ2) is 5.31. The lowest BCUT2D eigenvalue weighted by Gasteiger charge is -2.26. The molecule has 0 aliphatic heterocycles. The molecule has 0 amide bonds. The molecule has 0 spiro atoms. The van der Waals surface area contributed by atoms with Crippen LogP contribution in [-0.2, 0) is 13.1 Å². The molecule has 0 radical (unpaired) electrons. The molecule has 19 heavy (non-hydrogen) atoms. The van der Waals surface area contributed by atoms with Gasteiger partial charge in [-0.2, -0.15) is 0 Å². The third kappa shape index (κ3) is 2.65. The van der Waals surface area contributed by atoms with Crippen LogP contribution in [0.25, 0.3) is 0 Å². The Morgan fingerprint density at radius 2 is 2.26 bits per heavy atom. The normalized spacial score (nSPS) is 14.6. The summed E-state index contributed by atoms with van der Waals surface area (Å²) >= 11 is 1.81. The molecule has 3 rings (SSSR count). The lowest BCUT2D eigenvalue weighted by Crippen LogP contribution is -2.27. The van der Waals surface area contributed by atoms with Crippen molar-refractivity contribution in [1.82, 2.24) is 4.98 Å². The van der Waals surface area contributed by atoms with E-state index in [9.17, 15) is 0 Å². The van der Waals surface area contributed by atoms with Crippen molar-refractivity contribution in [3.05, 3.63) is 45.8 Å². The van der Waals surface area contributed by atoms with E-state index in [0.717, 1.165) is 12.4 Å². The summed E-state index contributed by atoms with van der Waals surface area (Å²) in [6, 6.07) is 6.99. The minimum Gasteiger partial charge on any atom is -0.348 e. The maximum Gasteiger partial charge on any atom is 0.133 e. The topological polar surface area (TPSA) is 42.2 Å². The number of anilines is 1. The van der Waals surface area contributed by atoms with Crippen LogP contribution in [0.15, 0.2) is 29.8 Å². The molecular formula is C15H19N3S. The molecule has 1 aliphatic rings. The van der Waals surface area contributed by atoms with Crippen LogP contribution < -0.4 is 10.6 Å². The van der Waals surface area contributed by atoms with Crippen molar-refractivity contribution >= 4 is 17.2 Å². The Balaban J connectivity index is 1.94. The average Bonchev–Trinajstić information content (AvgIpc) is 3.13. The van der Waals surface area contributed by atoms with Crippen LogP contribution in [0.1, 0.15) is 28.8 Å². The van der Waals surface area contributed by atoms with Crippen LogP contribution in [0.4, 0.5) is 5.82 Å². The van der Waals surface area contributed by atoms with E-state index in [1.807, 2.05) is 23.6 Å². The van der Waals surface area contributed by atoms with Gasteiger partial charge in [-0.05, 0) is 42.8 Å². The molecule has 0 unspecified atom stereocenters. The zero-order valence-corrected chi connectivity index (χ0v) is 12.0. The highest BCUT2D eigenvalue weighted by Gasteiger charge is 2.31. The summed E-state index contributed by atoms with van der Waals surface area (Å²) in [5, 5.41) is 2.13. The molecule has 2 N–H and O–H groups in total. The number of nitrogens with two attached hydrogens (primary N) is 1. The van der Waals surface area contributed by atoms with Gasteiger partial charge in [0, 0.05) is 29.2 Å². The molecule has 0 saturated heterocycles. The Kier molecular flexibility index (Phi) is 3.53. The molecule has 0 aromatic carbocycles. The lowest BCUT2D eigenvalue weighted by molar-refractivity contribution is 0.774. The van der Waals surface area contributed by atoms with Gasteiger partial charge in [0.1, 0.15) is 5.82 Å². The molecule has 2 aromatic heterocycles. The second-order valence-corrected chi connectivity index (χ2v) is 6.10. The molecule has 1 aliphatic carbocycles. The SMILES string of the molecule is Cc1ccnc(N(Cc2cccs2)C2CC2)c1CN. The molecule has 1 saturated carbocycles. The van der Waals surface area contributed by atoms with Crippen LogP contribution >= 0.6 is 11.3 Å². The summed E-state index contributed by atoms with van der Waals surface area (Å²) in [6.45, 7) is 3.62. The number of nitrogens with zero attached hydrogens (tertiary/aromatic N) is 2. The zero-order chi connectivity index (χ0) is 13.2. The molecule has 2 aromatic rings. The van der Waals surface area contributed by atoms with E-state index in [2.05, 4.69) is 34.3 Å². The van der Waals surface area contributed by atoms with Crippen LogP contribution in [0, 0.1) is 6.92 Å². The Morgan fingerprint density at radius 3 is 2.89 bits per heavy atom. The molecule has 0 atom stereocenters. The molecule has 2 heterocycles. The fourth-order valence-corrected chi connectivity index (χ4v) is 3.11. The van der Waals surface area contributed by atoms with E-state index in [1.165, 1.54) is 28.8 Å². The van der Waals surface area contributed by atoms with Crippen LogP contribution in [0.2, 0.25) is 0 Å². The van der Waals surface area contributed by atoms with Gasteiger partial charge in [0.05, 0.1) is 6.54 Å². The van der Waals surface area contributed by atoms with Crippen molar-refractivity contribution in [2.75, 3.05) is 4.90 Å². The number of hydrogen-bond donors (Lipinski definition) is 1. The fourth-order valence-electron chi connectivity index (χ4n) is 2.41. The second-order valence-electron chi connectivity index (χ2n) is 5.07. The standard InChI is InChI=1S/C15H19N3S/c1-11-6-7-17-15(14(11)9-16)18(12-4-5-12)10-13-3-2-8-19-13/h2-3,6-8,12H,4-5,9-10,16H2,1H3. The van der Waals surface area contributed by atoms with Crippen LogP contribution in [-0.4, -0.2) is 11.0 Å². The number of hydrogen-bond acceptors (Lipinski definition) is 4. The van der Waals surface area contributed by atoms with Gasteiger partial charge in [-0.15, -0.1) is 11.3 Å². The lowest BCUT2D eigenvalue weighted by atomic mass is 10.1. The summed E-state index contributed by atoms with van der Waals surface area (Å²) in [4.78, 5) is 8.42. The first-order chi connectivity index (χ1) is 9.29. The van der Waals surface area contributed by atoms with E-state index in [-0.39, 0.29) is 0 Å². The van der Waals surface area contributed by atoms with E-state index in [1.54, 1.807) is 0 Å². The Labute approximate surface area is 118 Å². The van der Waals surface area contributed by atoms with Crippen molar-refractivity contribution in [2.24, 2.45) is 5.73 Å². The van der Waals surface area contributed by atoms with Gasteiger partial charge >= 0.3 is 0 Å². The molecule has 1 fully saturated rings. The van der Waals surface area contributed by atoms with Gasteiger partial charge in [-0.3, -0.25) is 0 Å². The molecular weight excluding hydrogens is 254 g/mol. The first-order valence-electron chi connectivity index (χ1n) is 6.73. The fraction of sp³-hybridized carbons (Fsp3) is 0.400. The number of pyridine rings is 1. The molecule has 100 valence electrons. The summed E-state index contributed by atoms with van der Waals surface area (Å²) in [6.07, 6.45) is 4.43. The van der Waals surface area contributed by atoms with Crippen LogP contribution in [0.5, 0.6) is 0 Å². The first kappa shape index (κ1) is 12.6. The Hall–Kier alpha value is -1.39. The Morgan fingerprint density at radius 1 is 1.42 bits per heavy atom. The largest absolute Gasteiger partial charge is 0.348 e. The third-order valence-electron chi connectivity index (χ3n) is 3.64. The summed E-state index contributed by atoms with van der Waals surface area (Å²) in [7, 11) is 0. The molecule has 0 bridgehead atoms. The highest BCUT2D eigenvalue weighted by molar-refractivity contribution is 7.09. The van der Waals surface area contributed by atoms with Crippen molar-refractivity contribution in [3.63, 3.8) is 0 Å². The first-order valence-corrected chi connectivity index (χ1v) is 7.61. The number of thiophene rings is 1. The van der Waals surface area contributed by atoms with Crippen molar-refractivity contribution in [2.45, 2.75) is 38.9 Å². The van der Waals surface area contributed by atoms with Gasteiger partial charge in [0.25, 0.3) is 0 Å². The van der Waals surface area contributed by atoms with Gasteiger partial charge in [0.15, 0.2) is 0 Å². The quantitative estimate of drug-likeness (QED) is 0.910. The van der Waals surface area contributed by atoms with Gasteiger partial charge in [-0.1, -0.05) is 6.07 Å². The monoisotopic (exact) mass is 273 g/mol. The zero-order valence-electron chi connectivity index (χ0n) is 11.2. The predicted molar refractivity (Wildman–Crippen MR) is 80.4 cm³/mol. The van der Waals surface area contributed by atoms with Gasteiger partial charge < -0.3 is 10.6 Å². The molecule has 4 heteroatoms. The molecule has 3 nitrogen and oxygen atoms in total. The summed E-state index contributed by atoms with van der Waals surface area (Å²) < 4.78 is 0. The number of rotatable bonds is 5. The average molecular weight is 273 g/mol. The van der Waals surface area contributed by atoms with Crippen LogP contribution in [0.3, 0.4) is 0 Å². The number of aryl methyl sites for hydroxylation is 1. The minimum absolute atomic E-state index is 0.558. The van der Waals surface area contributed by atoms with Crippen molar-refractivity contribution < 1.29 is 0 Å². The number of aromatic nitrogens is 1. The van der Waals surface area contributed by atoms with E-state index in [0.29, 0.717) is 12.6 Å². The van der Waals surface area contributed by atoms with Crippen molar-refractivity contribution in [1.29, 1.82) is 0 Å². The van der Waals surface area contributed by atoms with Gasteiger partial charge in [-0.25, -0.2) is 4.98 Å². The van der Waals surface area contributed by atoms with E-state index < -0.39 is 0 Å². The maximum absolute atomic E-state index is 5.92. The van der Waals surface area contributed by atoms with Crippen molar-refractivity contribution in [3.8, 4) is 0 Å². The summed E-state index contributed by atoms with van der Waals surface area (Å²) in [5.74, 6) is 1.08. The predicted octanol–water partition coefficient (Wildman–Crippen LogP) is 3.08. The third-order valence-corrected chi connectivity index (χ3v) is 4.50. The van der Waals surface area contributed by atoms with Gasteiger partial charge in [0.2, 0.25) is 0 Å². The highest BCUT2D eigenvalue weighted by Crippen LogP contribution is 2.35. The Bertz CT molecular complexity index is 547. The summed E-state index contributed by atoms with van der Waals surface area (Å²) in [5.41, 5.74) is 8.35. The maximum atomic E-state index is 5.92. The van der Waals surface area contributed by atoms with E-state index >= 15 is 0 Å².